The van der Waals surface area contributed by atoms with Gasteiger partial charge in [0.15, 0.2) is 0 Å². The lowest BCUT2D eigenvalue weighted by atomic mass is 10.0. The smallest absolute Gasteiger partial charge is 0.0652 e. The van der Waals surface area contributed by atoms with Crippen LogP contribution >= 0.6 is 7.26 Å². The predicted molar refractivity (Wildman–Crippen MR) is 74.7 cm³/mol. The highest BCUT2D eigenvalue weighted by molar-refractivity contribution is 7.76. The van der Waals surface area contributed by atoms with E-state index in [2.05, 4.69) is 20.8 Å². The molecule has 1 heteroatoms. The van der Waals surface area contributed by atoms with Crippen LogP contribution < -0.4 is 0 Å². The van der Waals surface area contributed by atoms with Crippen LogP contribution in [0.2, 0.25) is 0 Å². The van der Waals surface area contributed by atoms with E-state index in [4.69, 9.17) is 0 Å². The summed E-state index contributed by atoms with van der Waals surface area (Å²) in [6.07, 6.45) is 15.2. The molecule has 0 aromatic carbocycles. The van der Waals surface area contributed by atoms with E-state index in [0.717, 1.165) is 5.66 Å². The second-order valence-corrected chi connectivity index (χ2v) is 10.1. The molecule has 15 heavy (non-hydrogen) atoms. The molecule has 1 saturated carbocycles. The quantitative estimate of drug-likeness (QED) is 0.551. The second-order valence-electron chi connectivity index (χ2n) is 5.22. The van der Waals surface area contributed by atoms with Crippen molar-refractivity contribution in [2.45, 2.75) is 71.4 Å². The third kappa shape index (κ3) is 3.45. The molecule has 1 aliphatic rings. The van der Waals surface area contributed by atoms with Gasteiger partial charge < -0.3 is 0 Å². The lowest BCUT2D eigenvalue weighted by Crippen LogP contribution is -2.23. The summed E-state index contributed by atoms with van der Waals surface area (Å²) in [5.74, 6) is 0. The van der Waals surface area contributed by atoms with Crippen LogP contribution in [0.4, 0.5) is 0 Å². The van der Waals surface area contributed by atoms with Gasteiger partial charge in [-0.1, -0.05) is 19.8 Å². The molecular weight excluding hydrogens is 199 g/mol. The van der Waals surface area contributed by atoms with E-state index in [1.54, 1.807) is 19.0 Å². The molecule has 1 aliphatic carbocycles. The van der Waals surface area contributed by atoms with Gasteiger partial charge in [-0.05, 0) is 46.0 Å². The number of hydrogen-bond acceptors (Lipinski definition) is 0. The summed E-state index contributed by atoms with van der Waals surface area (Å²) in [5, 5.41) is 0. The molecule has 0 amide bonds. The highest BCUT2D eigenvalue weighted by atomic mass is 31.2. The largest absolute Gasteiger partial charge is 0.0697 e. The summed E-state index contributed by atoms with van der Waals surface area (Å²) in [6.45, 7) is 7.30. The molecule has 0 atom stereocenters. The Hall–Kier alpha value is 0.430. The summed E-state index contributed by atoms with van der Waals surface area (Å²) in [7, 11) is -0.550. The first-order valence-electron chi connectivity index (χ1n) is 7.14. The zero-order chi connectivity index (χ0) is 11.1. The second kappa shape index (κ2) is 6.89. The molecule has 1 fully saturated rings. The van der Waals surface area contributed by atoms with Gasteiger partial charge in [0.2, 0.25) is 0 Å². The van der Waals surface area contributed by atoms with Gasteiger partial charge in [0.1, 0.15) is 0 Å². The van der Waals surface area contributed by atoms with Crippen molar-refractivity contribution in [2.24, 2.45) is 0 Å². The van der Waals surface area contributed by atoms with Gasteiger partial charge in [-0.3, -0.25) is 0 Å². The molecule has 0 heterocycles. The Labute approximate surface area is 97.6 Å². The summed E-state index contributed by atoms with van der Waals surface area (Å²) < 4.78 is 0. The van der Waals surface area contributed by atoms with Crippen molar-refractivity contribution in [1.29, 1.82) is 0 Å². The number of unbranched alkanes of at least 4 members (excludes halogenated alkanes) is 1. The third-order valence-corrected chi connectivity index (χ3v) is 10.4. The normalized spacial score (nSPS) is 19.4. The molecule has 0 aromatic heterocycles. The maximum atomic E-state index is 2.47. The lowest BCUT2D eigenvalue weighted by molar-refractivity contribution is 0.506. The number of hydrogen-bond donors (Lipinski definition) is 0. The van der Waals surface area contributed by atoms with E-state index < -0.39 is 7.26 Å². The molecule has 0 spiro atoms. The molecule has 0 aromatic rings. The first-order chi connectivity index (χ1) is 7.29. The molecule has 0 radical (unpaired) electrons. The molecule has 90 valence electrons. The average molecular weight is 229 g/mol. The van der Waals surface area contributed by atoms with E-state index in [9.17, 15) is 0 Å². The molecule has 0 saturated heterocycles. The van der Waals surface area contributed by atoms with Gasteiger partial charge in [0, 0.05) is 7.26 Å². The van der Waals surface area contributed by atoms with Crippen molar-refractivity contribution < 1.29 is 0 Å². The standard InChI is InChI=1S/C14H30P/c1-4-7-13-15(5-2,6-3)14-11-9-8-10-12-14/h14H,4-13H2,1-3H3/q+1. The van der Waals surface area contributed by atoms with Crippen molar-refractivity contribution >= 4 is 7.26 Å². The Morgan fingerprint density at radius 1 is 0.933 bits per heavy atom. The zero-order valence-electron chi connectivity index (χ0n) is 11.1. The molecule has 1 rings (SSSR count). The molecule has 0 unspecified atom stereocenters. The van der Waals surface area contributed by atoms with Gasteiger partial charge in [-0.2, -0.15) is 0 Å². The minimum atomic E-state index is -0.550. The van der Waals surface area contributed by atoms with E-state index in [-0.39, 0.29) is 0 Å². The fourth-order valence-electron chi connectivity index (χ4n) is 3.34. The molecule has 0 bridgehead atoms. The highest BCUT2D eigenvalue weighted by Crippen LogP contribution is 2.66. The Morgan fingerprint density at radius 3 is 2.00 bits per heavy atom. The summed E-state index contributed by atoms with van der Waals surface area (Å²) in [6, 6.07) is 0. The van der Waals surface area contributed by atoms with Gasteiger partial charge >= 0.3 is 0 Å². The van der Waals surface area contributed by atoms with Crippen molar-refractivity contribution in [2.75, 3.05) is 18.5 Å². The van der Waals surface area contributed by atoms with Gasteiger partial charge in [-0.25, -0.2) is 0 Å². The summed E-state index contributed by atoms with van der Waals surface area (Å²) >= 11 is 0. The maximum Gasteiger partial charge on any atom is 0.0697 e. The first-order valence-corrected chi connectivity index (χ1v) is 9.56. The third-order valence-electron chi connectivity index (χ3n) is 4.57. The van der Waals surface area contributed by atoms with E-state index in [1.165, 1.54) is 44.4 Å². The van der Waals surface area contributed by atoms with Crippen molar-refractivity contribution in [3.05, 3.63) is 0 Å². The minimum Gasteiger partial charge on any atom is -0.0652 e. The molecular formula is C14H30P+. The first kappa shape index (κ1) is 13.5. The van der Waals surface area contributed by atoms with Crippen LogP contribution in [0.5, 0.6) is 0 Å². The van der Waals surface area contributed by atoms with Gasteiger partial charge in [0.05, 0.1) is 24.1 Å². The molecule has 0 N–H and O–H groups in total. The van der Waals surface area contributed by atoms with Crippen LogP contribution in [0.15, 0.2) is 0 Å². The average Bonchev–Trinajstić information content (AvgIpc) is 2.33. The van der Waals surface area contributed by atoms with E-state index in [1.807, 2.05) is 0 Å². The summed E-state index contributed by atoms with van der Waals surface area (Å²) in [4.78, 5) is 0. The highest BCUT2D eigenvalue weighted by Gasteiger charge is 2.41. The van der Waals surface area contributed by atoms with Crippen molar-refractivity contribution in [3.8, 4) is 0 Å². The summed E-state index contributed by atoms with van der Waals surface area (Å²) in [5.41, 5.74) is 1.16. The Bertz CT molecular complexity index is 155. The van der Waals surface area contributed by atoms with Crippen molar-refractivity contribution in [3.63, 3.8) is 0 Å². The maximum absolute atomic E-state index is 2.47. The Kier molecular flexibility index (Phi) is 6.20. The monoisotopic (exact) mass is 229 g/mol. The van der Waals surface area contributed by atoms with Crippen LogP contribution in [0, 0.1) is 0 Å². The van der Waals surface area contributed by atoms with Crippen LogP contribution in [0.3, 0.4) is 0 Å². The fourth-order valence-corrected chi connectivity index (χ4v) is 8.22. The molecule has 0 aliphatic heterocycles. The Balaban J connectivity index is 2.59. The van der Waals surface area contributed by atoms with Crippen LogP contribution in [0.1, 0.15) is 65.7 Å². The van der Waals surface area contributed by atoms with Crippen LogP contribution in [0.25, 0.3) is 0 Å². The van der Waals surface area contributed by atoms with E-state index in [0.29, 0.717) is 0 Å². The minimum absolute atomic E-state index is 0.550. The van der Waals surface area contributed by atoms with Gasteiger partial charge in [0.25, 0.3) is 0 Å². The van der Waals surface area contributed by atoms with Crippen LogP contribution in [-0.4, -0.2) is 24.1 Å². The van der Waals surface area contributed by atoms with Crippen LogP contribution in [-0.2, 0) is 0 Å². The fraction of sp³-hybridized carbons (Fsp3) is 1.00. The molecule has 0 nitrogen and oxygen atoms in total. The topological polar surface area (TPSA) is 0 Å². The SMILES string of the molecule is CCCC[P+](CC)(CC)C1CCCCC1. The predicted octanol–water partition coefficient (Wildman–Crippen LogP) is 5.18. The number of rotatable bonds is 6. The zero-order valence-corrected chi connectivity index (χ0v) is 12.0. The van der Waals surface area contributed by atoms with Gasteiger partial charge in [-0.15, -0.1) is 0 Å². The Morgan fingerprint density at radius 2 is 1.53 bits per heavy atom. The lowest BCUT2D eigenvalue weighted by Gasteiger charge is -2.35. The van der Waals surface area contributed by atoms with E-state index >= 15 is 0 Å². The van der Waals surface area contributed by atoms with Crippen molar-refractivity contribution in [1.82, 2.24) is 0 Å².